The molecule has 0 aromatic heterocycles. The predicted molar refractivity (Wildman–Crippen MR) is 79.9 cm³/mol. The molecule has 0 aliphatic heterocycles. The summed E-state index contributed by atoms with van der Waals surface area (Å²) >= 11 is 6.23. The van der Waals surface area contributed by atoms with Crippen LogP contribution in [0.4, 0.5) is 0 Å². The van der Waals surface area contributed by atoms with Gasteiger partial charge in [-0.15, -0.1) is 0 Å². The van der Waals surface area contributed by atoms with E-state index in [1.165, 1.54) is 0 Å². The third-order valence-corrected chi connectivity index (χ3v) is 3.50. The summed E-state index contributed by atoms with van der Waals surface area (Å²) in [7, 11) is 0. The Kier molecular flexibility index (Phi) is 4.46. The molecule has 2 nitrogen and oxygen atoms in total. The lowest BCUT2D eigenvalue weighted by molar-refractivity contribution is 0.477. The number of nitrogens with two attached hydrogens (primary N) is 1. The van der Waals surface area contributed by atoms with Crippen LogP contribution in [-0.2, 0) is 0 Å². The highest BCUT2D eigenvalue weighted by Gasteiger charge is 2.14. The predicted octanol–water partition coefficient (Wildman–Crippen LogP) is 4.85. The second-order valence-corrected chi connectivity index (χ2v) is 4.93. The van der Waals surface area contributed by atoms with Gasteiger partial charge in [-0.1, -0.05) is 42.8 Å². The maximum absolute atomic E-state index is 6.23. The number of benzene rings is 2. The van der Waals surface area contributed by atoms with E-state index in [2.05, 4.69) is 6.92 Å². The van der Waals surface area contributed by atoms with E-state index in [4.69, 9.17) is 22.1 Å². The van der Waals surface area contributed by atoms with E-state index < -0.39 is 0 Å². The third-order valence-electron chi connectivity index (χ3n) is 3.20. The second-order valence-electron chi connectivity index (χ2n) is 4.52. The van der Waals surface area contributed by atoms with Gasteiger partial charge in [-0.25, -0.2) is 0 Å². The minimum absolute atomic E-state index is 0.00962. The molecule has 0 spiro atoms. The summed E-state index contributed by atoms with van der Waals surface area (Å²) < 4.78 is 5.89. The molecular weight excluding hydrogens is 258 g/mol. The monoisotopic (exact) mass is 275 g/mol. The van der Waals surface area contributed by atoms with Crippen molar-refractivity contribution in [3.63, 3.8) is 0 Å². The first-order valence-corrected chi connectivity index (χ1v) is 6.78. The summed E-state index contributed by atoms with van der Waals surface area (Å²) in [5, 5.41) is 0.605. The van der Waals surface area contributed by atoms with Gasteiger partial charge in [-0.05, 0) is 42.7 Å². The van der Waals surface area contributed by atoms with E-state index in [-0.39, 0.29) is 6.04 Å². The molecule has 0 saturated carbocycles. The van der Waals surface area contributed by atoms with Crippen molar-refractivity contribution < 1.29 is 4.74 Å². The van der Waals surface area contributed by atoms with E-state index in [0.717, 1.165) is 23.3 Å². The summed E-state index contributed by atoms with van der Waals surface area (Å²) in [4.78, 5) is 0. The van der Waals surface area contributed by atoms with E-state index >= 15 is 0 Å². The van der Waals surface area contributed by atoms with Gasteiger partial charge in [-0.2, -0.15) is 0 Å². The molecule has 2 rings (SSSR count). The van der Waals surface area contributed by atoms with Gasteiger partial charge >= 0.3 is 0 Å². The zero-order valence-corrected chi connectivity index (χ0v) is 11.9. The molecule has 0 radical (unpaired) electrons. The van der Waals surface area contributed by atoms with Crippen molar-refractivity contribution in [2.75, 3.05) is 0 Å². The molecule has 0 heterocycles. The quantitative estimate of drug-likeness (QED) is 0.866. The molecule has 0 amide bonds. The molecule has 0 saturated heterocycles. The van der Waals surface area contributed by atoms with Crippen LogP contribution in [0.1, 0.15) is 30.5 Å². The summed E-state index contributed by atoms with van der Waals surface area (Å²) in [5.74, 6) is 1.46. The van der Waals surface area contributed by atoms with Gasteiger partial charge in [-0.3, -0.25) is 0 Å². The molecule has 3 heteroatoms. The molecular formula is C16H18ClNO. The van der Waals surface area contributed by atoms with Gasteiger partial charge in [0.2, 0.25) is 0 Å². The Morgan fingerprint density at radius 2 is 1.84 bits per heavy atom. The topological polar surface area (TPSA) is 35.2 Å². The zero-order chi connectivity index (χ0) is 13.8. The van der Waals surface area contributed by atoms with Crippen molar-refractivity contribution in [2.24, 2.45) is 5.73 Å². The SMILES string of the molecule is CC[C@@H](N)c1ccc(Cl)c(Oc2ccccc2)c1C. The number of ether oxygens (including phenoxy) is 1. The summed E-state index contributed by atoms with van der Waals surface area (Å²) in [5.41, 5.74) is 8.20. The lowest BCUT2D eigenvalue weighted by Gasteiger charge is -2.17. The van der Waals surface area contributed by atoms with Gasteiger partial charge in [0.1, 0.15) is 11.5 Å². The molecule has 100 valence electrons. The molecule has 2 N–H and O–H groups in total. The standard InChI is InChI=1S/C16H18ClNO/c1-3-15(18)13-9-10-14(17)16(11(13)2)19-12-7-5-4-6-8-12/h4-10,15H,3,18H2,1-2H3/t15-/m1/s1. The van der Waals surface area contributed by atoms with Crippen molar-refractivity contribution in [1.29, 1.82) is 0 Å². The van der Waals surface area contributed by atoms with Gasteiger partial charge < -0.3 is 10.5 Å². The molecule has 19 heavy (non-hydrogen) atoms. The van der Waals surface area contributed by atoms with Crippen LogP contribution < -0.4 is 10.5 Å². The summed E-state index contributed by atoms with van der Waals surface area (Å²) in [6.07, 6.45) is 0.882. The normalized spacial score (nSPS) is 12.2. The highest BCUT2D eigenvalue weighted by Crippen LogP contribution is 2.36. The number of halogens is 1. The fourth-order valence-corrected chi connectivity index (χ4v) is 2.27. The van der Waals surface area contributed by atoms with E-state index in [1.54, 1.807) is 0 Å². The van der Waals surface area contributed by atoms with E-state index in [0.29, 0.717) is 10.8 Å². The van der Waals surface area contributed by atoms with Crippen molar-refractivity contribution in [3.05, 3.63) is 58.6 Å². The van der Waals surface area contributed by atoms with Crippen LogP contribution in [0, 0.1) is 6.92 Å². The smallest absolute Gasteiger partial charge is 0.149 e. The first-order chi connectivity index (χ1) is 9.13. The van der Waals surface area contributed by atoms with Crippen molar-refractivity contribution in [3.8, 4) is 11.5 Å². The summed E-state index contributed by atoms with van der Waals surface area (Å²) in [6, 6.07) is 13.5. The van der Waals surface area contributed by atoms with Crippen molar-refractivity contribution >= 4 is 11.6 Å². The van der Waals surface area contributed by atoms with Crippen LogP contribution in [-0.4, -0.2) is 0 Å². The van der Waals surface area contributed by atoms with Gasteiger partial charge in [0.05, 0.1) is 5.02 Å². The number of rotatable bonds is 4. The molecule has 1 atom stereocenters. The third kappa shape index (κ3) is 3.09. The van der Waals surface area contributed by atoms with Crippen molar-refractivity contribution in [1.82, 2.24) is 0 Å². The Morgan fingerprint density at radius 3 is 2.47 bits per heavy atom. The number of para-hydroxylation sites is 1. The Balaban J connectivity index is 2.39. The molecule has 0 unspecified atom stereocenters. The molecule has 0 aliphatic rings. The van der Waals surface area contributed by atoms with E-state index in [9.17, 15) is 0 Å². The largest absolute Gasteiger partial charge is 0.456 e. The van der Waals surface area contributed by atoms with Gasteiger partial charge in [0, 0.05) is 6.04 Å². The number of hydrogen-bond acceptors (Lipinski definition) is 2. The van der Waals surface area contributed by atoms with Crippen LogP contribution in [0.25, 0.3) is 0 Å². The highest BCUT2D eigenvalue weighted by atomic mass is 35.5. The average Bonchev–Trinajstić information content (AvgIpc) is 2.44. The average molecular weight is 276 g/mol. The molecule has 0 fully saturated rings. The Labute approximate surface area is 119 Å². The fraction of sp³-hybridized carbons (Fsp3) is 0.250. The van der Waals surface area contributed by atoms with Crippen LogP contribution in [0.2, 0.25) is 5.02 Å². The van der Waals surface area contributed by atoms with Crippen LogP contribution >= 0.6 is 11.6 Å². The first kappa shape index (κ1) is 13.9. The fourth-order valence-electron chi connectivity index (χ4n) is 2.03. The molecule has 0 bridgehead atoms. The molecule has 2 aromatic carbocycles. The van der Waals surface area contributed by atoms with Gasteiger partial charge in [0.15, 0.2) is 0 Å². The lowest BCUT2D eigenvalue weighted by atomic mass is 9.99. The Morgan fingerprint density at radius 1 is 1.16 bits per heavy atom. The van der Waals surface area contributed by atoms with Crippen molar-refractivity contribution in [2.45, 2.75) is 26.3 Å². The maximum Gasteiger partial charge on any atom is 0.149 e. The number of hydrogen-bond donors (Lipinski definition) is 1. The Bertz CT molecular complexity index is 554. The minimum Gasteiger partial charge on any atom is -0.456 e. The van der Waals surface area contributed by atoms with Crippen LogP contribution in [0.3, 0.4) is 0 Å². The van der Waals surface area contributed by atoms with Crippen LogP contribution in [0.15, 0.2) is 42.5 Å². The summed E-state index contributed by atoms with van der Waals surface area (Å²) in [6.45, 7) is 4.06. The highest BCUT2D eigenvalue weighted by molar-refractivity contribution is 6.32. The van der Waals surface area contributed by atoms with Gasteiger partial charge in [0.25, 0.3) is 0 Å². The maximum atomic E-state index is 6.23. The Hall–Kier alpha value is -1.51. The van der Waals surface area contributed by atoms with E-state index in [1.807, 2.05) is 49.4 Å². The molecule has 0 aliphatic carbocycles. The minimum atomic E-state index is 0.00962. The lowest BCUT2D eigenvalue weighted by Crippen LogP contribution is -2.10. The second kappa shape index (κ2) is 6.09. The first-order valence-electron chi connectivity index (χ1n) is 6.41. The van der Waals surface area contributed by atoms with Crippen LogP contribution in [0.5, 0.6) is 11.5 Å². The zero-order valence-electron chi connectivity index (χ0n) is 11.2. The molecule has 2 aromatic rings.